The van der Waals surface area contributed by atoms with Gasteiger partial charge in [0.1, 0.15) is 11.1 Å². The van der Waals surface area contributed by atoms with Crippen LogP contribution in [-0.2, 0) is 4.79 Å². The van der Waals surface area contributed by atoms with E-state index in [0.717, 1.165) is 0 Å². The van der Waals surface area contributed by atoms with Crippen molar-refractivity contribution in [2.75, 3.05) is 24.5 Å². The highest BCUT2D eigenvalue weighted by Crippen LogP contribution is 2.33. The molecule has 0 saturated carbocycles. The number of amides is 1. The monoisotopic (exact) mass is 561 g/mol. The van der Waals surface area contributed by atoms with Crippen LogP contribution in [0.1, 0.15) is 43.5 Å². The minimum Gasteiger partial charge on any atom is -0.710 e. The predicted molar refractivity (Wildman–Crippen MR) is 152 cm³/mol. The van der Waals surface area contributed by atoms with E-state index in [1.54, 1.807) is 42.0 Å². The van der Waals surface area contributed by atoms with E-state index in [2.05, 4.69) is 16.5 Å². The molecule has 4 aromatic rings. The van der Waals surface area contributed by atoms with E-state index in [-0.39, 0.29) is 40.4 Å². The molecule has 0 aromatic carbocycles. The van der Waals surface area contributed by atoms with Crippen LogP contribution in [0.4, 0.5) is 10.2 Å². The van der Waals surface area contributed by atoms with Gasteiger partial charge in [0.2, 0.25) is 5.91 Å². The van der Waals surface area contributed by atoms with Crippen LogP contribution in [0.2, 0.25) is 0 Å². The van der Waals surface area contributed by atoms with Gasteiger partial charge in [-0.2, -0.15) is 9.71 Å². The quantitative estimate of drug-likeness (QED) is 0.172. The molecule has 1 N–H and O–H groups in total. The molecule has 0 unspecified atom stereocenters. The van der Waals surface area contributed by atoms with Gasteiger partial charge in [0, 0.05) is 38.1 Å². The minimum atomic E-state index is -0.891. The van der Waals surface area contributed by atoms with E-state index in [1.807, 2.05) is 20.8 Å². The third kappa shape index (κ3) is 4.48. The lowest BCUT2D eigenvalue weighted by molar-refractivity contribution is -0.570. The molecule has 0 aliphatic carbocycles. The number of aromatic nitrogens is 5. The summed E-state index contributed by atoms with van der Waals surface area (Å²) >= 11 is 0. The largest absolute Gasteiger partial charge is 0.710 e. The Bertz CT molecular complexity index is 1740. The summed E-state index contributed by atoms with van der Waals surface area (Å²) in [4.78, 5) is 38.5. The summed E-state index contributed by atoms with van der Waals surface area (Å²) < 4.78 is 18.2. The summed E-state index contributed by atoms with van der Waals surface area (Å²) in [5.41, 5.74) is 0.760. The fraction of sp³-hybridized carbons (Fsp3) is 0.345. The van der Waals surface area contributed by atoms with Crippen LogP contribution in [-0.4, -0.2) is 61.0 Å². The van der Waals surface area contributed by atoms with Gasteiger partial charge >= 0.3 is 11.3 Å². The number of carbonyl (C=O) groups is 1. The number of hydrogen-bond donors (Lipinski definition) is 1. The van der Waals surface area contributed by atoms with E-state index < -0.39 is 17.2 Å². The van der Waals surface area contributed by atoms with E-state index in [0.29, 0.717) is 51.6 Å². The fourth-order valence-corrected chi connectivity index (χ4v) is 5.57. The summed E-state index contributed by atoms with van der Waals surface area (Å²) in [6.07, 6.45) is 4.19. The average Bonchev–Trinajstić information content (AvgIpc) is 3.25. The molecule has 1 fully saturated rings. The Kier molecular flexibility index (Phi) is 7.02. The number of piperazine rings is 1. The molecule has 41 heavy (non-hydrogen) atoms. The summed E-state index contributed by atoms with van der Waals surface area (Å²) in [6.45, 7) is 13.7. The van der Waals surface area contributed by atoms with E-state index in [1.165, 1.54) is 22.9 Å². The summed E-state index contributed by atoms with van der Waals surface area (Å²) in [6, 6.07) is 4.16. The molecule has 0 bridgehead atoms. The zero-order valence-electron chi connectivity index (χ0n) is 23.6. The first-order chi connectivity index (χ1) is 19.5. The number of halogens is 1. The average molecular weight is 562 g/mol. The molecule has 1 saturated heterocycles. The van der Waals surface area contributed by atoms with Crippen molar-refractivity contribution in [2.45, 2.75) is 46.6 Å². The van der Waals surface area contributed by atoms with Crippen LogP contribution >= 0.6 is 0 Å². The zero-order valence-corrected chi connectivity index (χ0v) is 23.6. The summed E-state index contributed by atoms with van der Waals surface area (Å²) in [5.74, 6) is -1.08. The van der Waals surface area contributed by atoms with Gasteiger partial charge in [-0.3, -0.25) is 9.78 Å². The first-order valence-corrected chi connectivity index (χ1v) is 13.4. The third-order valence-electron chi connectivity index (χ3n) is 7.58. The van der Waals surface area contributed by atoms with Crippen LogP contribution in [0.5, 0.6) is 0 Å². The number of anilines is 1. The number of nitrogens with zero attached hydrogens (tertiary/aromatic N) is 7. The molecule has 1 atom stereocenters. The lowest BCUT2D eigenvalue weighted by Crippen LogP contribution is -2.54. The van der Waals surface area contributed by atoms with Crippen LogP contribution < -0.4 is 15.3 Å². The smallest absolute Gasteiger partial charge is 0.442 e. The zero-order chi connectivity index (χ0) is 29.7. The number of hydrogen-bond acceptors (Lipinski definition) is 7. The maximum absolute atomic E-state index is 15.9. The van der Waals surface area contributed by atoms with Crippen molar-refractivity contribution in [3.8, 4) is 17.1 Å². The highest BCUT2D eigenvalue weighted by Gasteiger charge is 2.34. The lowest BCUT2D eigenvalue weighted by Gasteiger charge is -2.40. The Balaban J connectivity index is 1.87. The van der Waals surface area contributed by atoms with Gasteiger partial charge in [0.15, 0.2) is 23.0 Å². The predicted octanol–water partition coefficient (Wildman–Crippen LogP) is 3.22. The molecule has 0 spiro atoms. The highest BCUT2D eigenvalue weighted by atomic mass is 19.1. The van der Waals surface area contributed by atoms with Crippen molar-refractivity contribution in [2.24, 2.45) is 0 Å². The van der Waals surface area contributed by atoms with E-state index in [4.69, 9.17) is 0 Å². The number of fused-ring (bicyclic) bond motifs is 1. The Morgan fingerprint density at radius 1 is 1.27 bits per heavy atom. The molecule has 5 rings (SSSR count). The third-order valence-corrected chi connectivity index (χ3v) is 7.58. The molecule has 0 radical (unpaired) electrons. The van der Waals surface area contributed by atoms with Crippen molar-refractivity contribution < 1.29 is 19.1 Å². The summed E-state index contributed by atoms with van der Waals surface area (Å²) in [7, 11) is 0. The Hall–Kier alpha value is -4.74. The van der Waals surface area contributed by atoms with E-state index in [9.17, 15) is 20.0 Å². The topological polar surface area (TPSA) is 123 Å². The molecular weight excluding hydrogens is 529 g/mol. The first kappa shape index (κ1) is 27.8. The number of rotatable bonds is 5. The first-order valence-electron chi connectivity index (χ1n) is 13.4. The number of pyridine rings is 2. The van der Waals surface area contributed by atoms with Crippen LogP contribution in [0.15, 0.2) is 48.0 Å². The molecule has 4 aromatic heterocycles. The van der Waals surface area contributed by atoms with Gasteiger partial charge in [-0.1, -0.05) is 20.4 Å². The maximum Gasteiger partial charge on any atom is 0.442 e. The van der Waals surface area contributed by atoms with E-state index >= 15 is 4.39 Å². The molecule has 214 valence electrons. The van der Waals surface area contributed by atoms with Crippen LogP contribution in [0.3, 0.4) is 0 Å². The second-order valence-electron chi connectivity index (χ2n) is 10.7. The molecule has 1 amide bonds. The number of carbonyl (C=O) groups excluding carboxylic acids is 1. The van der Waals surface area contributed by atoms with Gasteiger partial charge in [-0.25, -0.2) is 13.9 Å². The van der Waals surface area contributed by atoms with Crippen molar-refractivity contribution in [3.63, 3.8) is 0 Å². The fourth-order valence-electron chi connectivity index (χ4n) is 5.57. The van der Waals surface area contributed by atoms with Gasteiger partial charge in [-0.15, -0.1) is 4.57 Å². The van der Waals surface area contributed by atoms with Crippen molar-refractivity contribution in [3.05, 3.63) is 81.6 Å². The van der Waals surface area contributed by atoms with Crippen molar-refractivity contribution in [1.82, 2.24) is 24.2 Å². The molecule has 11 nitrogen and oxygen atoms in total. The van der Waals surface area contributed by atoms with Gasteiger partial charge in [0.25, 0.3) is 0 Å². The molecule has 1 aliphatic heterocycles. The standard InChI is InChI=1S/C29H32FN7O4/c1-7-22(38)33-12-13-34(19(6)15-33)27-20-14-21(30)26(25-18(5)9-11-35(25)40)37(41)28(20)36(29(39)32-27)24-17(4)8-10-31-23(24)16(2)3/h7-11,14,16,19,40H,1,12-13,15H2,2-6H3/t19-/m0/s1. The highest BCUT2D eigenvalue weighted by molar-refractivity contribution is 5.89. The normalized spacial score (nSPS) is 15.6. The number of aryl methyl sites for hydroxylation is 2. The Morgan fingerprint density at radius 3 is 2.61 bits per heavy atom. The Morgan fingerprint density at radius 2 is 2.00 bits per heavy atom. The second-order valence-corrected chi connectivity index (χ2v) is 10.7. The molecule has 1 aliphatic rings. The van der Waals surface area contributed by atoms with Gasteiger partial charge in [0.05, 0.1) is 5.69 Å². The lowest BCUT2D eigenvalue weighted by atomic mass is 10.0. The van der Waals surface area contributed by atoms with Crippen molar-refractivity contribution >= 4 is 22.8 Å². The van der Waals surface area contributed by atoms with Gasteiger partial charge in [-0.05, 0) is 62.1 Å². The van der Waals surface area contributed by atoms with Gasteiger partial charge < -0.3 is 20.2 Å². The molecule has 12 heteroatoms. The molecule has 5 heterocycles. The maximum atomic E-state index is 15.9. The SMILES string of the molecule is C=CC(=O)N1CCN(c2nc(=O)n(-c3c(C)ccnc3C(C)C)c3c2cc(F)c(-c2c(C)ccn2O)[n+]3[O-])[C@@H](C)C1. The van der Waals surface area contributed by atoms with Crippen LogP contribution in [0.25, 0.3) is 28.1 Å². The van der Waals surface area contributed by atoms with Crippen molar-refractivity contribution in [1.29, 1.82) is 0 Å². The second kappa shape index (κ2) is 10.3. The summed E-state index contributed by atoms with van der Waals surface area (Å²) in [5, 5.41) is 24.8. The minimum absolute atomic E-state index is 0.0336. The van der Waals surface area contributed by atoms with Crippen LogP contribution in [0, 0.1) is 24.9 Å². The Labute approximate surface area is 235 Å². The molecular formula is C29H32FN7O4.